The second kappa shape index (κ2) is 12.5. The first kappa shape index (κ1) is 25.0. The fourth-order valence-electron chi connectivity index (χ4n) is 2.73. The Hall–Kier alpha value is -2.08. The molecule has 0 fully saturated rings. The maximum Gasteiger partial charge on any atom is 0.341 e. The standard InChI is InChI=1S/C23H37NO5/c1-7-11-14-23(6,28-15-8-2)22(26)24-18-12-13-20(29-17(5)9-3)19(16-18)21(25)27-10-4/h12-13,16-17H,7-11,14-15H2,1-6H3,(H,24,26)/t17-,23+/m1/s1. The number of esters is 1. The average molecular weight is 408 g/mol. The highest BCUT2D eigenvalue weighted by Gasteiger charge is 2.33. The van der Waals surface area contributed by atoms with Crippen molar-refractivity contribution < 1.29 is 23.8 Å². The highest BCUT2D eigenvalue weighted by Crippen LogP contribution is 2.27. The third kappa shape index (κ3) is 7.69. The molecule has 0 spiro atoms. The van der Waals surface area contributed by atoms with E-state index in [1.807, 2.05) is 27.7 Å². The van der Waals surface area contributed by atoms with Crippen LogP contribution in [0.4, 0.5) is 5.69 Å². The van der Waals surface area contributed by atoms with Crippen LogP contribution in [0.5, 0.6) is 5.75 Å². The number of carbonyl (C=O) groups is 2. The van der Waals surface area contributed by atoms with Crippen LogP contribution in [0.25, 0.3) is 0 Å². The number of benzene rings is 1. The lowest BCUT2D eigenvalue weighted by Crippen LogP contribution is -2.43. The number of unbranched alkanes of at least 4 members (excludes halogenated alkanes) is 1. The number of carbonyl (C=O) groups excluding carboxylic acids is 2. The van der Waals surface area contributed by atoms with Crippen molar-refractivity contribution in [3.63, 3.8) is 0 Å². The largest absolute Gasteiger partial charge is 0.490 e. The number of nitrogens with one attached hydrogen (secondary N) is 1. The van der Waals surface area contributed by atoms with Gasteiger partial charge in [-0.2, -0.15) is 0 Å². The van der Waals surface area contributed by atoms with Crippen LogP contribution in [0, 0.1) is 0 Å². The van der Waals surface area contributed by atoms with Crippen molar-refractivity contribution in [3.8, 4) is 5.75 Å². The van der Waals surface area contributed by atoms with Crippen molar-refractivity contribution in [2.45, 2.75) is 85.4 Å². The van der Waals surface area contributed by atoms with E-state index in [1.54, 1.807) is 25.1 Å². The summed E-state index contributed by atoms with van der Waals surface area (Å²) in [6.45, 7) is 12.4. The zero-order chi connectivity index (χ0) is 21.9. The molecule has 6 heteroatoms. The molecule has 1 aromatic rings. The molecule has 1 rings (SSSR count). The molecule has 0 heterocycles. The highest BCUT2D eigenvalue weighted by molar-refractivity contribution is 5.99. The second-order valence-corrected chi connectivity index (χ2v) is 7.41. The summed E-state index contributed by atoms with van der Waals surface area (Å²) in [5.74, 6) is -0.241. The van der Waals surface area contributed by atoms with Gasteiger partial charge in [-0.05, 0) is 58.2 Å². The van der Waals surface area contributed by atoms with Gasteiger partial charge in [0, 0.05) is 12.3 Å². The summed E-state index contributed by atoms with van der Waals surface area (Å²) in [5.41, 5.74) is -0.103. The molecule has 6 nitrogen and oxygen atoms in total. The summed E-state index contributed by atoms with van der Waals surface area (Å²) < 4.78 is 16.9. The average Bonchev–Trinajstić information content (AvgIpc) is 2.71. The maximum atomic E-state index is 13.0. The van der Waals surface area contributed by atoms with Crippen LogP contribution in [0.3, 0.4) is 0 Å². The van der Waals surface area contributed by atoms with Gasteiger partial charge in [0.25, 0.3) is 5.91 Å². The lowest BCUT2D eigenvalue weighted by Gasteiger charge is -2.29. The van der Waals surface area contributed by atoms with E-state index in [0.29, 0.717) is 30.0 Å². The van der Waals surface area contributed by atoms with Crippen molar-refractivity contribution in [2.24, 2.45) is 0 Å². The van der Waals surface area contributed by atoms with E-state index >= 15 is 0 Å². The predicted octanol–water partition coefficient (Wildman–Crippen LogP) is 5.35. The fourth-order valence-corrected chi connectivity index (χ4v) is 2.73. The predicted molar refractivity (Wildman–Crippen MR) is 116 cm³/mol. The van der Waals surface area contributed by atoms with E-state index in [0.717, 1.165) is 25.7 Å². The van der Waals surface area contributed by atoms with Crippen LogP contribution in [-0.2, 0) is 14.3 Å². The minimum Gasteiger partial charge on any atom is -0.490 e. The van der Waals surface area contributed by atoms with Gasteiger partial charge in [-0.15, -0.1) is 0 Å². The Kier molecular flexibility index (Phi) is 10.7. The molecule has 0 saturated heterocycles. The number of rotatable bonds is 13. The molecular weight excluding hydrogens is 370 g/mol. The van der Waals surface area contributed by atoms with E-state index in [9.17, 15) is 9.59 Å². The molecule has 0 aliphatic carbocycles. The molecular formula is C23H37NO5. The molecule has 1 amide bonds. The Balaban J connectivity index is 3.10. The van der Waals surface area contributed by atoms with Crippen LogP contribution in [-0.4, -0.2) is 36.8 Å². The van der Waals surface area contributed by atoms with Crippen LogP contribution in [0.15, 0.2) is 18.2 Å². The summed E-state index contributed by atoms with van der Waals surface area (Å²) in [6, 6.07) is 5.04. The number of amides is 1. The number of anilines is 1. The first-order valence-corrected chi connectivity index (χ1v) is 10.7. The van der Waals surface area contributed by atoms with Gasteiger partial charge in [0.1, 0.15) is 16.9 Å². The second-order valence-electron chi connectivity index (χ2n) is 7.41. The van der Waals surface area contributed by atoms with E-state index in [-0.39, 0.29) is 18.6 Å². The van der Waals surface area contributed by atoms with Gasteiger partial charge < -0.3 is 19.5 Å². The SMILES string of the molecule is CCCC[C@](C)(OCCC)C(=O)Nc1ccc(O[C@H](C)CC)c(C(=O)OCC)c1. The topological polar surface area (TPSA) is 73.9 Å². The monoisotopic (exact) mass is 407 g/mol. The van der Waals surface area contributed by atoms with E-state index in [4.69, 9.17) is 14.2 Å². The molecule has 164 valence electrons. The smallest absolute Gasteiger partial charge is 0.341 e. The summed E-state index contributed by atoms with van der Waals surface area (Å²) in [4.78, 5) is 25.4. The molecule has 0 radical (unpaired) electrons. The van der Waals surface area contributed by atoms with E-state index in [2.05, 4.69) is 12.2 Å². The van der Waals surface area contributed by atoms with Crippen molar-refractivity contribution >= 4 is 17.6 Å². The lowest BCUT2D eigenvalue weighted by atomic mass is 9.97. The van der Waals surface area contributed by atoms with Crippen LogP contribution < -0.4 is 10.1 Å². The Morgan fingerprint density at radius 1 is 1.14 bits per heavy atom. The fraction of sp³-hybridized carbons (Fsp3) is 0.652. The number of hydrogen-bond acceptors (Lipinski definition) is 5. The molecule has 0 bridgehead atoms. The minimum atomic E-state index is -0.915. The summed E-state index contributed by atoms with van der Waals surface area (Å²) in [5, 5.41) is 2.90. The molecule has 0 saturated carbocycles. The van der Waals surface area contributed by atoms with E-state index < -0.39 is 11.6 Å². The van der Waals surface area contributed by atoms with Crippen molar-refractivity contribution in [3.05, 3.63) is 23.8 Å². The Morgan fingerprint density at radius 3 is 2.45 bits per heavy atom. The van der Waals surface area contributed by atoms with Gasteiger partial charge in [0.2, 0.25) is 0 Å². The molecule has 1 N–H and O–H groups in total. The first-order chi connectivity index (χ1) is 13.8. The van der Waals surface area contributed by atoms with Gasteiger partial charge >= 0.3 is 5.97 Å². The minimum absolute atomic E-state index is 0.0385. The highest BCUT2D eigenvalue weighted by atomic mass is 16.5. The lowest BCUT2D eigenvalue weighted by molar-refractivity contribution is -0.140. The molecule has 0 aliphatic heterocycles. The summed E-state index contributed by atoms with van der Waals surface area (Å²) in [6.07, 6.45) is 4.11. The van der Waals surface area contributed by atoms with Gasteiger partial charge in [0.05, 0.1) is 12.7 Å². The summed E-state index contributed by atoms with van der Waals surface area (Å²) >= 11 is 0. The number of hydrogen-bond donors (Lipinski definition) is 1. The molecule has 1 aromatic carbocycles. The normalized spacial score (nSPS) is 14.0. The van der Waals surface area contributed by atoms with Gasteiger partial charge in [-0.1, -0.05) is 33.6 Å². The zero-order valence-corrected chi connectivity index (χ0v) is 18.8. The third-order valence-corrected chi connectivity index (χ3v) is 4.75. The quantitative estimate of drug-likeness (QED) is 0.446. The molecule has 0 aliphatic rings. The molecule has 0 unspecified atom stereocenters. The van der Waals surface area contributed by atoms with Crippen LogP contribution in [0.2, 0.25) is 0 Å². The molecule has 29 heavy (non-hydrogen) atoms. The van der Waals surface area contributed by atoms with Gasteiger partial charge in [-0.25, -0.2) is 4.79 Å². The summed E-state index contributed by atoms with van der Waals surface area (Å²) in [7, 11) is 0. The third-order valence-electron chi connectivity index (χ3n) is 4.75. The zero-order valence-electron chi connectivity index (χ0n) is 18.8. The molecule has 0 aromatic heterocycles. The van der Waals surface area contributed by atoms with Crippen molar-refractivity contribution in [2.75, 3.05) is 18.5 Å². The Bertz CT molecular complexity index is 651. The first-order valence-electron chi connectivity index (χ1n) is 10.7. The Labute approximate surface area is 175 Å². The molecule has 2 atom stereocenters. The Morgan fingerprint density at radius 2 is 1.86 bits per heavy atom. The van der Waals surface area contributed by atoms with E-state index in [1.165, 1.54) is 0 Å². The van der Waals surface area contributed by atoms with Crippen LogP contribution in [0.1, 0.15) is 84.0 Å². The van der Waals surface area contributed by atoms with Crippen LogP contribution >= 0.6 is 0 Å². The maximum absolute atomic E-state index is 13.0. The number of ether oxygens (including phenoxy) is 3. The van der Waals surface area contributed by atoms with Gasteiger partial charge in [0.15, 0.2) is 0 Å². The van der Waals surface area contributed by atoms with Crippen molar-refractivity contribution in [1.29, 1.82) is 0 Å². The van der Waals surface area contributed by atoms with Crippen molar-refractivity contribution in [1.82, 2.24) is 0 Å². The van der Waals surface area contributed by atoms with Gasteiger partial charge in [-0.3, -0.25) is 4.79 Å².